The van der Waals surface area contributed by atoms with Crippen molar-refractivity contribution in [3.8, 4) is 5.75 Å². The molecule has 0 aromatic heterocycles. The molecule has 1 aliphatic heterocycles. The zero-order valence-electron chi connectivity index (χ0n) is 7.70. The lowest BCUT2D eigenvalue weighted by Crippen LogP contribution is -2.27. The van der Waals surface area contributed by atoms with Crippen LogP contribution in [0, 0.1) is 0 Å². The number of hydrogen-bond donors (Lipinski definition) is 3. The molecule has 0 spiro atoms. The van der Waals surface area contributed by atoms with Crippen LogP contribution in [-0.4, -0.2) is 24.2 Å². The van der Waals surface area contributed by atoms with Crippen molar-refractivity contribution in [2.45, 2.75) is 12.0 Å². The first-order valence-electron chi connectivity index (χ1n) is 4.63. The maximum absolute atomic E-state index is 9.67. The predicted octanol–water partition coefficient (Wildman–Crippen LogP) is 1.06. The summed E-state index contributed by atoms with van der Waals surface area (Å²) in [6.45, 7) is 1.59. The van der Waals surface area contributed by atoms with Crippen LogP contribution in [0.5, 0.6) is 5.75 Å². The van der Waals surface area contributed by atoms with E-state index < -0.39 is 0 Å². The zero-order valence-corrected chi connectivity index (χ0v) is 8.46. The summed E-state index contributed by atoms with van der Waals surface area (Å²) >= 11 is 5.87. The SMILES string of the molecule is NC1CNCC1c1cc(Cl)ccc1O. The lowest BCUT2D eigenvalue weighted by Gasteiger charge is -2.16. The number of nitrogens with two attached hydrogens (primary N) is 1. The molecule has 4 heteroatoms. The topological polar surface area (TPSA) is 58.3 Å². The molecule has 1 aromatic rings. The van der Waals surface area contributed by atoms with E-state index >= 15 is 0 Å². The average Bonchev–Trinajstić information content (AvgIpc) is 2.56. The van der Waals surface area contributed by atoms with Gasteiger partial charge in [-0.3, -0.25) is 0 Å². The van der Waals surface area contributed by atoms with E-state index in [2.05, 4.69) is 5.32 Å². The van der Waals surface area contributed by atoms with Crippen LogP contribution in [0.25, 0.3) is 0 Å². The van der Waals surface area contributed by atoms with Crippen molar-refractivity contribution in [3.63, 3.8) is 0 Å². The van der Waals surface area contributed by atoms with E-state index in [9.17, 15) is 5.11 Å². The molecule has 1 fully saturated rings. The van der Waals surface area contributed by atoms with Gasteiger partial charge in [-0.2, -0.15) is 0 Å². The van der Waals surface area contributed by atoms with Crippen molar-refractivity contribution in [2.24, 2.45) is 5.73 Å². The molecular weight excluding hydrogens is 200 g/mol. The van der Waals surface area contributed by atoms with E-state index in [0.717, 1.165) is 18.7 Å². The minimum absolute atomic E-state index is 0.0550. The van der Waals surface area contributed by atoms with Crippen LogP contribution >= 0.6 is 11.6 Å². The summed E-state index contributed by atoms with van der Waals surface area (Å²) in [4.78, 5) is 0. The van der Waals surface area contributed by atoms with Crippen LogP contribution in [0.1, 0.15) is 11.5 Å². The van der Waals surface area contributed by atoms with E-state index in [1.54, 1.807) is 18.2 Å². The van der Waals surface area contributed by atoms with Gasteiger partial charge in [0.15, 0.2) is 0 Å². The van der Waals surface area contributed by atoms with Crippen LogP contribution in [0.4, 0.5) is 0 Å². The largest absolute Gasteiger partial charge is 0.508 e. The molecule has 1 aliphatic rings. The monoisotopic (exact) mass is 212 g/mol. The highest BCUT2D eigenvalue weighted by Gasteiger charge is 2.27. The molecule has 76 valence electrons. The second-order valence-electron chi connectivity index (χ2n) is 3.63. The third-order valence-corrected chi connectivity index (χ3v) is 2.89. The van der Waals surface area contributed by atoms with Crippen LogP contribution in [0.2, 0.25) is 5.02 Å². The smallest absolute Gasteiger partial charge is 0.119 e. The molecule has 0 amide bonds. The molecule has 0 bridgehead atoms. The Kier molecular flexibility index (Phi) is 2.63. The van der Waals surface area contributed by atoms with Gasteiger partial charge in [-0.15, -0.1) is 0 Å². The average molecular weight is 213 g/mol. The van der Waals surface area contributed by atoms with Crippen molar-refractivity contribution in [1.29, 1.82) is 0 Å². The van der Waals surface area contributed by atoms with Crippen LogP contribution in [-0.2, 0) is 0 Å². The minimum atomic E-state index is 0.0550. The van der Waals surface area contributed by atoms with Crippen molar-refractivity contribution >= 4 is 11.6 Å². The van der Waals surface area contributed by atoms with Crippen molar-refractivity contribution in [3.05, 3.63) is 28.8 Å². The van der Waals surface area contributed by atoms with Gasteiger partial charge in [0.2, 0.25) is 0 Å². The maximum atomic E-state index is 9.67. The van der Waals surface area contributed by atoms with E-state index in [4.69, 9.17) is 17.3 Å². The molecule has 3 nitrogen and oxygen atoms in total. The number of benzene rings is 1. The summed E-state index contributed by atoms with van der Waals surface area (Å²) in [7, 11) is 0. The molecule has 1 saturated heterocycles. The van der Waals surface area contributed by atoms with Gasteiger partial charge in [-0.1, -0.05) is 11.6 Å². The third-order valence-electron chi connectivity index (χ3n) is 2.65. The lowest BCUT2D eigenvalue weighted by atomic mass is 9.94. The summed E-state index contributed by atoms with van der Waals surface area (Å²) in [6.07, 6.45) is 0. The van der Waals surface area contributed by atoms with Crippen molar-refractivity contribution in [2.75, 3.05) is 13.1 Å². The molecule has 2 atom stereocenters. The Labute approximate surface area is 87.9 Å². The Morgan fingerprint density at radius 2 is 2.21 bits per heavy atom. The van der Waals surface area contributed by atoms with Gasteiger partial charge in [-0.05, 0) is 18.2 Å². The van der Waals surface area contributed by atoms with Crippen LogP contribution < -0.4 is 11.1 Å². The second kappa shape index (κ2) is 3.77. The number of rotatable bonds is 1. The first kappa shape index (κ1) is 9.77. The number of phenols is 1. The molecule has 0 radical (unpaired) electrons. The summed E-state index contributed by atoms with van der Waals surface area (Å²) in [6, 6.07) is 5.13. The molecule has 14 heavy (non-hydrogen) atoms. The minimum Gasteiger partial charge on any atom is -0.508 e. The fourth-order valence-corrected chi connectivity index (χ4v) is 2.04. The molecule has 4 N–H and O–H groups in total. The van der Waals surface area contributed by atoms with E-state index in [1.165, 1.54) is 0 Å². The summed E-state index contributed by atoms with van der Waals surface area (Å²) in [5.41, 5.74) is 6.76. The molecule has 0 aliphatic carbocycles. The number of phenolic OH excluding ortho intramolecular Hbond substituents is 1. The van der Waals surface area contributed by atoms with Gasteiger partial charge in [0.05, 0.1) is 0 Å². The van der Waals surface area contributed by atoms with E-state index in [1.807, 2.05) is 0 Å². The standard InChI is InChI=1S/C10H13ClN2O/c11-6-1-2-10(14)7(3-6)8-4-13-5-9(8)12/h1-3,8-9,13-14H,4-5,12H2. The van der Waals surface area contributed by atoms with Crippen molar-refractivity contribution < 1.29 is 5.11 Å². The second-order valence-corrected chi connectivity index (χ2v) is 4.07. The predicted molar refractivity (Wildman–Crippen MR) is 56.7 cm³/mol. The molecule has 0 saturated carbocycles. The zero-order chi connectivity index (χ0) is 10.1. The molecule has 2 rings (SSSR count). The van der Waals surface area contributed by atoms with E-state index in [0.29, 0.717) is 5.02 Å². The number of nitrogens with one attached hydrogen (secondary N) is 1. The summed E-state index contributed by atoms with van der Waals surface area (Å²) in [5, 5.41) is 13.5. The lowest BCUT2D eigenvalue weighted by molar-refractivity contribution is 0.459. The Morgan fingerprint density at radius 3 is 2.86 bits per heavy atom. The van der Waals surface area contributed by atoms with Gasteiger partial charge in [0.25, 0.3) is 0 Å². The van der Waals surface area contributed by atoms with Crippen LogP contribution in [0.15, 0.2) is 18.2 Å². The highest BCUT2D eigenvalue weighted by molar-refractivity contribution is 6.30. The highest BCUT2D eigenvalue weighted by Crippen LogP contribution is 2.31. The third kappa shape index (κ3) is 1.71. The fourth-order valence-electron chi connectivity index (χ4n) is 1.86. The molecule has 2 unspecified atom stereocenters. The fraction of sp³-hybridized carbons (Fsp3) is 0.400. The first-order chi connectivity index (χ1) is 6.68. The van der Waals surface area contributed by atoms with Gasteiger partial charge < -0.3 is 16.2 Å². The Balaban J connectivity index is 2.34. The van der Waals surface area contributed by atoms with Crippen LogP contribution in [0.3, 0.4) is 0 Å². The highest BCUT2D eigenvalue weighted by atomic mass is 35.5. The Bertz CT molecular complexity index is 343. The maximum Gasteiger partial charge on any atom is 0.119 e. The molecule has 1 aromatic carbocycles. The van der Waals surface area contributed by atoms with Gasteiger partial charge in [0, 0.05) is 35.6 Å². The Hall–Kier alpha value is -0.770. The normalized spacial score (nSPS) is 26.7. The number of hydrogen-bond acceptors (Lipinski definition) is 3. The van der Waals surface area contributed by atoms with Gasteiger partial charge in [0.1, 0.15) is 5.75 Å². The number of aromatic hydroxyl groups is 1. The number of halogens is 1. The molecular formula is C10H13ClN2O. The van der Waals surface area contributed by atoms with Gasteiger partial charge >= 0.3 is 0 Å². The first-order valence-corrected chi connectivity index (χ1v) is 5.01. The van der Waals surface area contributed by atoms with Crippen molar-refractivity contribution in [1.82, 2.24) is 5.32 Å². The quantitative estimate of drug-likeness (QED) is 0.653. The molecule has 1 heterocycles. The van der Waals surface area contributed by atoms with E-state index in [-0.39, 0.29) is 17.7 Å². The Morgan fingerprint density at radius 1 is 1.43 bits per heavy atom. The summed E-state index contributed by atoms with van der Waals surface area (Å²) < 4.78 is 0. The van der Waals surface area contributed by atoms with Gasteiger partial charge in [-0.25, -0.2) is 0 Å². The summed E-state index contributed by atoms with van der Waals surface area (Å²) in [5.74, 6) is 0.437.